The number of aromatic nitrogens is 1. The van der Waals surface area contributed by atoms with E-state index in [1.807, 2.05) is 37.3 Å². The van der Waals surface area contributed by atoms with Crippen molar-refractivity contribution in [3.05, 3.63) is 53.3 Å². The van der Waals surface area contributed by atoms with Crippen LogP contribution in [0.4, 0.5) is 0 Å². The van der Waals surface area contributed by atoms with E-state index in [0.717, 1.165) is 28.3 Å². The Labute approximate surface area is 159 Å². The normalized spacial score (nSPS) is 16.7. The van der Waals surface area contributed by atoms with Crippen molar-refractivity contribution in [3.8, 4) is 11.5 Å². The molecule has 2 heterocycles. The maximum Gasteiger partial charge on any atom is 0.306 e. The summed E-state index contributed by atoms with van der Waals surface area (Å²) < 4.78 is 11.1. The second-order valence-corrected chi connectivity index (χ2v) is 6.86. The lowest BCUT2D eigenvalue weighted by Gasteiger charge is -2.37. The second kappa shape index (κ2) is 8.39. The molecule has 1 aromatic carbocycles. The van der Waals surface area contributed by atoms with Gasteiger partial charge in [0.1, 0.15) is 11.5 Å². The summed E-state index contributed by atoms with van der Waals surface area (Å²) in [6, 6.07) is 9.62. The van der Waals surface area contributed by atoms with Gasteiger partial charge in [0.05, 0.1) is 31.9 Å². The van der Waals surface area contributed by atoms with E-state index in [4.69, 9.17) is 9.47 Å². The molecule has 3 rings (SSSR count). The number of piperidine rings is 1. The number of carbonyl (C=O) groups is 1. The molecule has 2 aromatic rings. The number of carboxylic acids is 1. The van der Waals surface area contributed by atoms with Crippen LogP contribution in [0.2, 0.25) is 0 Å². The van der Waals surface area contributed by atoms with Crippen molar-refractivity contribution in [3.63, 3.8) is 0 Å². The molecule has 0 bridgehead atoms. The van der Waals surface area contributed by atoms with E-state index in [1.54, 1.807) is 20.4 Å². The largest absolute Gasteiger partial charge is 0.497 e. The molecule has 1 fully saturated rings. The fraction of sp³-hybridized carbons (Fsp3) is 0.429. The van der Waals surface area contributed by atoms with Gasteiger partial charge in [-0.25, -0.2) is 0 Å². The lowest BCUT2D eigenvalue weighted by atomic mass is 9.91. The highest BCUT2D eigenvalue weighted by Gasteiger charge is 2.33. The molecule has 0 amide bonds. The Hall–Kier alpha value is -2.60. The predicted molar refractivity (Wildman–Crippen MR) is 102 cm³/mol. The Kier molecular flexibility index (Phi) is 5.96. The van der Waals surface area contributed by atoms with Crippen LogP contribution in [0.25, 0.3) is 0 Å². The van der Waals surface area contributed by atoms with Crippen LogP contribution in [0.1, 0.15) is 35.7 Å². The number of aryl methyl sites for hydroxylation is 1. The van der Waals surface area contributed by atoms with Gasteiger partial charge < -0.3 is 14.6 Å². The predicted octanol–water partition coefficient (Wildman–Crippen LogP) is 3.29. The van der Waals surface area contributed by atoms with Crippen molar-refractivity contribution >= 4 is 5.97 Å². The van der Waals surface area contributed by atoms with Gasteiger partial charge in [0.25, 0.3) is 0 Å². The average Bonchev–Trinajstić information content (AvgIpc) is 2.70. The van der Waals surface area contributed by atoms with Crippen molar-refractivity contribution in [1.82, 2.24) is 9.88 Å². The SMILES string of the molecule is COc1ccc(OC)c(C(c2ncccc2C)N2CCC(C(=O)O)CC2)c1. The molecule has 1 unspecified atom stereocenters. The van der Waals surface area contributed by atoms with Gasteiger partial charge in [-0.05, 0) is 62.7 Å². The van der Waals surface area contributed by atoms with Gasteiger partial charge >= 0.3 is 5.97 Å². The number of aliphatic carboxylic acids is 1. The van der Waals surface area contributed by atoms with Crippen LogP contribution in [-0.2, 0) is 4.79 Å². The third-order valence-electron chi connectivity index (χ3n) is 5.28. The van der Waals surface area contributed by atoms with Crippen LogP contribution in [0.3, 0.4) is 0 Å². The summed E-state index contributed by atoms with van der Waals surface area (Å²) >= 11 is 0. The summed E-state index contributed by atoms with van der Waals surface area (Å²) in [4.78, 5) is 18.3. The van der Waals surface area contributed by atoms with Crippen molar-refractivity contribution in [2.45, 2.75) is 25.8 Å². The number of methoxy groups -OCH3 is 2. The lowest BCUT2D eigenvalue weighted by molar-refractivity contribution is -0.143. The standard InChI is InChI=1S/C21H26N2O4/c1-14-5-4-10-22-19(14)20(23-11-8-15(9-12-23)21(24)25)17-13-16(26-2)6-7-18(17)27-3/h4-7,10,13,15,20H,8-9,11-12H2,1-3H3,(H,24,25). The molecule has 1 N–H and O–H groups in total. The van der Waals surface area contributed by atoms with E-state index < -0.39 is 5.97 Å². The van der Waals surface area contributed by atoms with Crippen LogP contribution in [-0.4, -0.2) is 48.3 Å². The number of pyridine rings is 1. The molecule has 0 spiro atoms. The molecule has 0 aliphatic carbocycles. The van der Waals surface area contributed by atoms with Crippen molar-refractivity contribution < 1.29 is 19.4 Å². The number of likely N-dealkylation sites (tertiary alicyclic amines) is 1. The Morgan fingerprint density at radius 1 is 1.22 bits per heavy atom. The van der Waals surface area contributed by atoms with Crippen LogP contribution in [0, 0.1) is 12.8 Å². The molecular weight excluding hydrogens is 344 g/mol. The fourth-order valence-corrected chi connectivity index (χ4v) is 3.76. The van der Waals surface area contributed by atoms with Gasteiger partial charge in [0, 0.05) is 11.8 Å². The highest BCUT2D eigenvalue weighted by atomic mass is 16.5. The Morgan fingerprint density at radius 3 is 2.56 bits per heavy atom. The van der Waals surface area contributed by atoms with Crippen LogP contribution in [0.15, 0.2) is 36.5 Å². The Balaban J connectivity index is 2.04. The molecular formula is C21H26N2O4. The van der Waals surface area contributed by atoms with E-state index in [0.29, 0.717) is 25.9 Å². The van der Waals surface area contributed by atoms with Crippen molar-refractivity contribution in [2.75, 3.05) is 27.3 Å². The van der Waals surface area contributed by atoms with Crippen LogP contribution < -0.4 is 9.47 Å². The highest BCUT2D eigenvalue weighted by Crippen LogP contribution is 2.39. The summed E-state index contributed by atoms with van der Waals surface area (Å²) in [6.07, 6.45) is 3.06. The number of nitrogens with zero attached hydrogens (tertiary/aromatic N) is 2. The Morgan fingerprint density at radius 2 is 1.96 bits per heavy atom. The number of hydrogen-bond donors (Lipinski definition) is 1. The summed E-state index contributed by atoms with van der Waals surface area (Å²) in [6.45, 7) is 3.43. The van der Waals surface area contributed by atoms with Crippen molar-refractivity contribution in [2.24, 2.45) is 5.92 Å². The van der Waals surface area contributed by atoms with E-state index in [2.05, 4.69) is 9.88 Å². The zero-order chi connectivity index (χ0) is 19.4. The summed E-state index contributed by atoms with van der Waals surface area (Å²) in [5.74, 6) is 0.536. The summed E-state index contributed by atoms with van der Waals surface area (Å²) in [7, 11) is 3.30. The first-order chi connectivity index (χ1) is 13.0. The third-order valence-corrected chi connectivity index (χ3v) is 5.28. The zero-order valence-corrected chi connectivity index (χ0v) is 16.0. The second-order valence-electron chi connectivity index (χ2n) is 6.86. The first kappa shape index (κ1) is 19.2. The van der Waals surface area contributed by atoms with Crippen molar-refractivity contribution in [1.29, 1.82) is 0 Å². The molecule has 144 valence electrons. The maximum atomic E-state index is 11.3. The molecule has 1 aliphatic rings. The molecule has 1 aromatic heterocycles. The van der Waals surface area contributed by atoms with E-state index in [9.17, 15) is 9.90 Å². The topological polar surface area (TPSA) is 71.9 Å². The molecule has 1 saturated heterocycles. The number of ether oxygens (including phenoxy) is 2. The van der Waals surface area contributed by atoms with Gasteiger partial charge in [-0.15, -0.1) is 0 Å². The number of rotatable bonds is 6. The number of benzene rings is 1. The first-order valence-corrected chi connectivity index (χ1v) is 9.15. The number of carboxylic acid groups (broad SMARTS) is 1. The van der Waals surface area contributed by atoms with E-state index in [1.165, 1.54) is 0 Å². The zero-order valence-electron chi connectivity index (χ0n) is 16.0. The van der Waals surface area contributed by atoms with Gasteiger partial charge in [-0.1, -0.05) is 6.07 Å². The minimum atomic E-state index is -0.709. The molecule has 0 saturated carbocycles. The van der Waals surface area contributed by atoms with Crippen LogP contribution in [0.5, 0.6) is 11.5 Å². The fourth-order valence-electron chi connectivity index (χ4n) is 3.76. The van der Waals surface area contributed by atoms with Gasteiger partial charge in [0.2, 0.25) is 0 Å². The molecule has 6 nitrogen and oxygen atoms in total. The minimum Gasteiger partial charge on any atom is -0.497 e. The van der Waals surface area contributed by atoms with Gasteiger partial charge in [-0.2, -0.15) is 0 Å². The third kappa shape index (κ3) is 4.06. The molecule has 1 atom stereocenters. The minimum absolute atomic E-state index is 0.119. The molecule has 0 radical (unpaired) electrons. The molecule has 1 aliphatic heterocycles. The molecule has 27 heavy (non-hydrogen) atoms. The quantitative estimate of drug-likeness (QED) is 0.841. The van der Waals surface area contributed by atoms with E-state index in [-0.39, 0.29) is 12.0 Å². The first-order valence-electron chi connectivity index (χ1n) is 9.15. The van der Waals surface area contributed by atoms with E-state index >= 15 is 0 Å². The molecule has 6 heteroatoms. The maximum absolute atomic E-state index is 11.3. The smallest absolute Gasteiger partial charge is 0.306 e. The van der Waals surface area contributed by atoms with Gasteiger partial charge in [-0.3, -0.25) is 14.7 Å². The summed E-state index contributed by atoms with van der Waals surface area (Å²) in [5.41, 5.74) is 3.03. The Bertz CT molecular complexity index is 801. The number of hydrogen-bond acceptors (Lipinski definition) is 5. The monoisotopic (exact) mass is 370 g/mol. The van der Waals surface area contributed by atoms with Crippen LogP contribution >= 0.6 is 0 Å². The average molecular weight is 370 g/mol. The lowest BCUT2D eigenvalue weighted by Crippen LogP contribution is -2.39. The highest BCUT2D eigenvalue weighted by molar-refractivity contribution is 5.70. The van der Waals surface area contributed by atoms with Gasteiger partial charge in [0.15, 0.2) is 0 Å². The summed E-state index contributed by atoms with van der Waals surface area (Å²) in [5, 5.41) is 9.32.